The molecule has 1 aromatic heterocycles. The van der Waals surface area contributed by atoms with Gasteiger partial charge in [0, 0.05) is 37.3 Å². The fourth-order valence-electron chi connectivity index (χ4n) is 3.25. The van der Waals surface area contributed by atoms with Crippen molar-refractivity contribution < 1.29 is 14.7 Å². The van der Waals surface area contributed by atoms with Crippen molar-refractivity contribution in [3.63, 3.8) is 0 Å². The van der Waals surface area contributed by atoms with E-state index < -0.39 is 5.97 Å². The largest absolute Gasteiger partial charge is 0.481 e. The molecule has 1 aliphatic heterocycles. The van der Waals surface area contributed by atoms with Crippen LogP contribution in [0.15, 0.2) is 0 Å². The highest BCUT2D eigenvalue weighted by atomic mass is 16.4. The summed E-state index contributed by atoms with van der Waals surface area (Å²) in [6, 6.07) is 0. The Labute approximate surface area is 137 Å². The first-order chi connectivity index (χ1) is 10.8. The number of aromatic nitrogens is 2. The molecule has 6 nitrogen and oxygen atoms in total. The molecule has 0 aromatic carbocycles. The van der Waals surface area contributed by atoms with Gasteiger partial charge in [0.05, 0.1) is 12.1 Å². The number of nitrogens with zero attached hydrogens (tertiary/aromatic N) is 3. The Morgan fingerprint density at radius 3 is 2.65 bits per heavy atom. The van der Waals surface area contributed by atoms with Gasteiger partial charge in [-0.05, 0) is 32.1 Å². The zero-order chi connectivity index (χ0) is 17.1. The molecule has 6 heteroatoms. The predicted octanol–water partition coefficient (Wildman–Crippen LogP) is 2.02. The van der Waals surface area contributed by atoms with Crippen LogP contribution in [0.2, 0.25) is 0 Å². The van der Waals surface area contributed by atoms with E-state index in [1.165, 1.54) is 0 Å². The average Bonchev–Trinajstić information content (AvgIpc) is 2.98. The first-order valence-corrected chi connectivity index (χ1v) is 8.30. The van der Waals surface area contributed by atoms with Crippen molar-refractivity contribution >= 4 is 11.9 Å². The van der Waals surface area contributed by atoms with Crippen molar-refractivity contribution in [1.29, 1.82) is 0 Å². The summed E-state index contributed by atoms with van der Waals surface area (Å²) in [6.07, 6.45) is 1.28. The Morgan fingerprint density at radius 2 is 2.04 bits per heavy atom. The van der Waals surface area contributed by atoms with Crippen LogP contribution in [-0.2, 0) is 22.6 Å². The fraction of sp³-hybridized carbons (Fsp3) is 0.706. The van der Waals surface area contributed by atoms with Gasteiger partial charge in [-0.15, -0.1) is 0 Å². The van der Waals surface area contributed by atoms with Crippen LogP contribution in [0.25, 0.3) is 0 Å². The highest BCUT2D eigenvalue weighted by Gasteiger charge is 2.28. The van der Waals surface area contributed by atoms with Gasteiger partial charge in [-0.2, -0.15) is 5.10 Å². The Bertz CT molecular complexity index is 592. The normalized spacial score (nSPS) is 18.0. The third-order valence-electron chi connectivity index (χ3n) is 4.50. The van der Waals surface area contributed by atoms with Crippen LogP contribution < -0.4 is 0 Å². The van der Waals surface area contributed by atoms with Crippen LogP contribution in [0.3, 0.4) is 0 Å². The van der Waals surface area contributed by atoms with E-state index in [9.17, 15) is 9.59 Å². The maximum Gasteiger partial charge on any atom is 0.303 e. The van der Waals surface area contributed by atoms with Gasteiger partial charge in [-0.3, -0.25) is 14.3 Å². The second-order valence-corrected chi connectivity index (χ2v) is 6.99. The average molecular weight is 321 g/mol. The molecular formula is C17H27N3O3. The lowest BCUT2D eigenvalue weighted by atomic mass is 10.1. The first kappa shape index (κ1) is 17.5. The van der Waals surface area contributed by atoms with E-state index in [0.717, 1.165) is 29.9 Å². The number of carboxylic acids is 1. The lowest BCUT2D eigenvalue weighted by Gasteiger charge is -2.16. The molecule has 0 saturated carbocycles. The second kappa shape index (κ2) is 7.15. The van der Waals surface area contributed by atoms with Crippen LogP contribution in [0, 0.1) is 25.7 Å². The minimum Gasteiger partial charge on any atom is -0.481 e. The number of hydrogen-bond acceptors (Lipinski definition) is 3. The quantitative estimate of drug-likeness (QED) is 0.870. The summed E-state index contributed by atoms with van der Waals surface area (Å²) in [4.78, 5) is 25.1. The summed E-state index contributed by atoms with van der Waals surface area (Å²) in [5.74, 6) is -0.117. The van der Waals surface area contributed by atoms with Crippen LogP contribution in [0.5, 0.6) is 0 Å². The van der Waals surface area contributed by atoms with Gasteiger partial charge >= 0.3 is 5.97 Å². The van der Waals surface area contributed by atoms with Gasteiger partial charge in [-0.1, -0.05) is 13.8 Å². The molecule has 0 radical (unpaired) electrons. The molecule has 1 amide bonds. The fourth-order valence-corrected chi connectivity index (χ4v) is 3.25. The molecule has 23 heavy (non-hydrogen) atoms. The van der Waals surface area contributed by atoms with Crippen LogP contribution >= 0.6 is 0 Å². The van der Waals surface area contributed by atoms with Gasteiger partial charge in [0.25, 0.3) is 0 Å². The second-order valence-electron chi connectivity index (χ2n) is 6.99. The molecule has 0 bridgehead atoms. The number of carbonyl (C=O) groups is 2. The molecule has 2 rings (SSSR count). The monoisotopic (exact) mass is 321 g/mol. The van der Waals surface area contributed by atoms with E-state index in [1.807, 2.05) is 18.5 Å². The van der Waals surface area contributed by atoms with Gasteiger partial charge < -0.3 is 10.0 Å². The topological polar surface area (TPSA) is 75.4 Å². The third-order valence-corrected chi connectivity index (χ3v) is 4.50. The zero-order valence-corrected chi connectivity index (χ0v) is 14.5. The van der Waals surface area contributed by atoms with Gasteiger partial charge in [0.2, 0.25) is 5.91 Å². The maximum absolute atomic E-state index is 12.5. The minimum absolute atomic E-state index is 0.0770. The summed E-state index contributed by atoms with van der Waals surface area (Å²) in [5, 5.41) is 13.4. The minimum atomic E-state index is -0.786. The summed E-state index contributed by atoms with van der Waals surface area (Å²) < 4.78 is 1.99. The lowest BCUT2D eigenvalue weighted by Crippen LogP contribution is -2.30. The summed E-state index contributed by atoms with van der Waals surface area (Å²) in [6.45, 7) is 10.3. The molecule has 1 aromatic rings. The summed E-state index contributed by atoms with van der Waals surface area (Å²) in [5.41, 5.74) is 2.99. The molecular weight excluding hydrogens is 294 g/mol. The number of rotatable bonds is 6. The Hall–Kier alpha value is -1.85. The summed E-state index contributed by atoms with van der Waals surface area (Å²) in [7, 11) is 0. The number of amides is 1. The molecule has 1 fully saturated rings. The first-order valence-electron chi connectivity index (χ1n) is 8.30. The van der Waals surface area contributed by atoms with Crippen molar-refractivity contribution in [2.24, 2.45) is 11.8 Å². The highest BCUT2D eigenvalue weighted by molar-refractivity contribution is 5.79. The van der Waals surface area contributed by atoms with Gasteiger partial charge in [-0.25, -0.2) is 0 Å². The zero-order valence-electron chi connectivity index (χ0n) is 14.5. The predicted molar refractivity (Wildman–Crippen MR) is 87.2 cm³/mol. The van der Waals surface area contributed by atoms with Crippen molar-refractivity contribution in [3.05, 3.63) is 17.0 Å². The number of likely N-dealkylation sites (tertiary alicyclic amines) is 1. The highest BCUT2D eigenvalue weighted by Crippen LogP contribution is 2.22. The number of aryl methyl sites for hydroxylation is 1. The van der Waals surface area contributed by atoms with Crippen molar-refractivity contribution in [2.75, 3.05) is 13.1 Å². The molecule has 1 N–H and O–H groups in total. The van der Waals surface area contributed by atoms with Crippen LogP contribution in [0.4, 0.5) is 0 Å². The molecule has 2 heterocycles. The maximum atomic E-state index is 12.5. The molecule has 1 aliphatic rings. The number of aliphatic carboxylic acids is 1. The number of carbonyl (C=O) groups excluding carboxylic acids is 1. The molecule has 1 saturated heterocycles. The molecule has 1 atom stereocenters. The van der Waals surface area contributed by atoms with E-state index in [4.69, 9.17) is 5.11 Å². The lowest BCUT2D eigenvalue weighted by molar-refractivity contribution is -0.138. The standard InChI is InChI=1S/C17H27N3O3/c1-11(2)9-20-13(4)15(12(3)18-20)8-16(21)19-6-5-14(10-19)7-17(22)23/h11,14H,5-10H2,1-4H3,(H,22,23). The molecule has 0 aliphatic carbocycles. The van der Waals surface area contributed by atoms with Crippen molar-refractivity contribution in [2.45, 2.75) is 53.5 Å². The van der Waals surface area contributed by atoms with Gasteiger partial charge in [0.15, 0.2) is 0 Å². The van der Waals surface area contributed by atoms with Crippen molar-refractivity contribution in [3.8, 4) is 0 Å². The SMILES string of the molecule is Cc1nn(CC(C)C)c(C)c1CC(=O)N1CCC(CC(=O)O)C1. The number of carboxylic acid groups (broad SMARTS) is 1. The van der Waals surface area contributed by atoms with Gasteiger partial charge in [0.1, 0.15) is 0 Å². The van der Waals surface area contributed by atoms with E-state index in [-0.39, 0.29) is 18.2 Å². The van der Waals surface area contributed by atoms with Crippen LogP contribution in [0.1, 0.15) is 43.6 Å². The van der Waals surface area contributed by atoms with Crippen molar-refractivity contribution in [1.82, 2.24) is 14.7 Å². The summed E-state index contributed by atoms with van der Waals surface area (Å²) >= 11 is 0. The van der Waals surface area contributed by atoms with E-state index >= 15 is 0 Å². The van der Waals surface area contributed by atoms with E-state index in [2.05, 4.69) is 18.9 Å². The number of hydrogen-bond donors (Lipinski definition) is 1. The molecule has 0 spiro atoms. The van der Waals surface area contributed by atoms with E-state index in [0.29, 0.717) is 25.4 Å². The van der Waals surface area contributed by atoms with E-state index in [1.54, 1.807) is 4.90 Å². The smallest absolute Gasteiger partial charge is 0.303 e. The Kier molecular flexibility index (Phi) is 5.44. The van der Waals surface area contributed by atoms with Crippen LogP contribution in [-0.4, -0.2) is 44.8 Å². The Morgan fingerprint density at radius 1 is 1.35 bits per heavy atom. The third kappa shape index (κ3) is 4.33. The Balaban J connectivity index is 2.01. The molecule has 1 unspecified atom stereocenters. The molecule has 128 valence electrons.